The van der Waals surface area contributed by atoms with Crippen LogP contribution in [0.2, 0.25) is 0 Å². The zero-order valence-corrected chi connectivity index (χ0v) is 17.2. The molecule has 4 aromatic rings. The van der Waals surface area contributed by atoms with Crippen molar-refractivity contribution in [3.63, 3.8) is 0 Å². The van der Waals surface area contributed by atoms with E-state index < -0.39 is 0 Å². The SMILES string of the molecule is Cn1nc(-c2ccc(C(=O)NC3CC3)cc2)nc1Nc1ccc2[nH]ncc2c1C1CC1. The second-order valence-corrected chi connectivity index (χ2v) is 8.47. The van der Waals surface area contributed by atoms with E-state index in [0.29, 0.717) is 29.3 Å². The molecule has 0 atom stereocenters. The van der Waals surface area contributed by atoms with Gasteiger partial charge in [0.2, 0.25) is 5.95 Å². The summed E-state index contributed by atoms with van der Waals surface area (Å²) in [5.74, 6) is 1.84. The van der Waals surface area contributed by atoms with Crippen LogP contribution in [0, 0.1) is 0 Å². The van der Waals surface area contributed by atoms with Crippen molar-refractivity contribution in [1.82, 2.24) is 30.3 Å². The van der Waals surface area contributed by atoms with E-state index in [0.717, 1.165) is 35.0 Å². The molecular weight excluding hydrogens is 390 g/mol. The average molecular weight is 413 g/mol. The topological polar surface area (TPSA) is 101 Å². The molecule has 156 valence electrons. The highest BCUT2D eigenvalue weighted by Crippen LogP contribution is 2.47. The van der Waals surface area contributed by atoms with Crippen molar-refractivity contribution in [2.45, 2.75) is 37.6 Å². The molecule has 2 aliphatic carbocycles. The molecule has 2 fully saturated rings. The van der Waals surface area contributed by atoms with Crippen LogP contribution in [0.15, 0.2) is 42.6 Å². The highest BCUT2D eigenvalue weighted by molar-refractivity contribution is 5.95. The summed E-state index contributed by atoms with van der Waals surface area (Å²) in [5, 5.41) is 19.5. The van der Waals surface area contributed by atoms with E-state index in [-0.39, 0.29) is 5.91 Å². The van der Waals surface area contributed by atoms with Crippen molar-refractivity contribution in [1.29, 1.82) is 0 Å². The lowest BCUT2D eigenvalue weighted by Crippen LogP contribution is -2.25. The lowest BCUT2D eigenvalue weighted by Gasteiger charge is -2.11. The molecule has 1 amide bonds. The predicted molar refractivity (Wildman–Crippen MR) is 118 cm³/mol. The fraction of sp³-hybridized carbons (Fsp3) is 0.304. The van der Waals surface area contributed by atoms with E-state index in [2.05, 4.69) is 32.0 Å². The van der Waals surface area contributed by atoms with Gasteiger partial charge in [0.15, 0.2) is 5.82 Å². The molecule has 2 heterocycles. The second-order valence-electron chi connectivity index (χ2n) is 8.47. The number of aromatic nitrogens is 5. The number of benzene rings is 2. The van der Waals surface area contributed by atoms with Crippen LogP contribution in [-0.2, 0) is 7.05 Å². The van der Waals surface area contributed by atoms with E-state index in [9.17, 15) is 4.79 Å². The molecule has 3 N–H and O–H groups in total. The number of anilines is 2. The third-order valence-electron chi connectivity index (χ3n) is 5.98. The lowest BCUT2D eigenvalue weighted by atomic mass is 10.0. The molecule has 8 nitrogen and oxygen atoms in total. The van der Waals surface area contributed by atoms with Gasteiger partial charge >= 0.3 is 0 Å². The monoisotopic (exact) mass is 413 g/mol. The van der Waals surface area contributed by atoms with Crippen LogP contribution < -0.4 is 10.6 Å². The number of nitrogens with one attached hydrogen (secondary N) is 3. The molecule has 6 rings (SSSR count). The van der Waals surface area contributed by atoms with Crippen molar-refractivity contribution in [2.24, 2.45) is 7.05 Å². The number of fused-ring (bicyclic) bond motifs is 1. The standard InChI is InChI=1S/C23H23N7O/c1-30-23(26-19-11-10-18-17(12-24-28-18)20(19)13-2-3-13)27-21(29-30)14-4-6-15(7-5-14)22(31)25-16-8-9-16/h4-7,10-13,16H,2-3,8-9H2,1H3,(H,24,28)(H,25,31)(H,26,27,29). The summed E-state index contributed by atoms with van der Waals surface area (Å²) >= 11 is 0. The molecule has 2 saturated carbocycles. The Morgan fingerprint density at radius 1 is 1.10 bits per heavy atom. The molecule has 0 radical (unpaired) electrons. The quantitative estimate of drug-likeness (QED) is 0.445. The average Bonchev–Trinajstić information content (AvgIpc) is 3.70. The molecule has 8 heteroatoms. The number of aromatic amines is 1. The summed E-state index contributed by atoms with van der Waals surface area (Å²) in [5.41, 5.74) is 4.93. The minimum atomic E-state index is -0.0207. The van der Waals surface area contributed by atoms with E-state index >= 15 is 0 Å². The maximum absolute atomic E-state index is 12.2. The van der Waals surface area contributed by atoms with Crippen LogP contribution in [0.1, 0.15) is 47.5 Å². The predicted octanol–water partition coefficient (Wildman–Crippen LogP) is 3.87. The van der Waals surface area contributed by atoms with Crippen LogP contribution in [-0.4, -0.2) is 36.9 Å². The van der Waals surface area contributed by atoms with Gasteiger partial charge in [-0.05, 0) is 61.4 Å². The number of aryl methyl sites for hydroxylation is 1. The molecule has 31 heavy (non-hydrogen) atoms. The smallest absolute Gasteiger partial charge is 0.251 e. The number of carbonyl (C=O) groups excluding carboxylic acids is 1. The number of nitrogens with zero attached hydrogens (tertiary/aromatic N) is 4. The molecule has 0 saturated heterocycles. The van der Waals surface area contributed by atoms with Crippen molar-refractivity contribution >= 4 is 28.4 Å². The largest absolute Gasteiger partial charge is 0.349 e. The summed E-state index contributed by atoms with van der Waals surface area (Å²) in [4.78, 5) is 16.9. The zero-order valence-electron chi connectivity index (χ0n) is 17.2. The molecule has 2 aromatic carbocycles. The summed E-state index contributed by atoms with van der Waals surface area (Å²) in [6.07, 6.45) is 6.45. The first-order chi connectivity index (χ1) is 15.2. The summed E-state index contributed by atoms with van der Waals surface area (Å²) in [6.45, 7) is 0. The Morgan fingerprint density at radius 3 is 2.65 bits per heavy atom. The first-order valence-electron chi connectivity index (χ1n) is 10.7. The first kappa shape index (κ1) is 18.1. The highest BCUT2D eigenvalue weighted by atomic mass is 16.1. The van der Waals surface area contributed by atoms with E-state index in [4.69, 9.17) is 4.98 Å². The summed E-state index contributed by atoms with van der Waals surface area (Å²) in [7, 11) is 1.88. The third kappa shape index (κ3) is 3.43. The number of rotatable bonds is 6. The first-order valence-corrected chi connectivity index (χ1v) is 10.7. The van der Waals surface area contributed by atoms with Crippen LogP contribution in [0.25, 0.3) is 22.3 Å². The lowest BCUT2D eigenvalue weighted by molar-refractivity contribution is 0.0951. The number of amides is 1. The minimum absolute atomic E-state index is 0.0207. The van der Waals surface area contributed by atoms with Crippen molar-refractivity contribution in [2.75, 3.05) is 5.32 Å². The van der Waals surface area contributed by atoms with E-state index in [1.807, 2.05) is 43.6 Å². The zero-order chi connectivity index (χ0) is 20.9. The normalized spacial score (nSPS) is 15.9. The number of carbonyl (C=O) groups is 1. The third-order valence-corrected chi connectivity index (χ3v) is 5.98. The van der Waals surface area contributed by atoms with Gasteiger partial charge in [-0.3, -0.25) is 9.89 Å². The van der Waals surface area contributed by atoms with Crippen molar-refractivity contribution in [3.05, 3.63) is 53.7 Å². The Labute approximate surface area is 179 Å². The molecule has 0 unspecified atom stereocenters. The number of hydrogen-bond acceptors (Lipinski definition) is 5. The van der Waals surface area contributed by atoms with Crippen molar-refractivity contribution in [3.8, 4) is 11.4 Å². The van der Waals surface area contributed by atoms with Crippen LogP contribution in [0.5, 0.6) is 0 Å². The second kappa shape index (κ2) is 6.94. The maximum Gasteiger partial charge on any atom is 0.251 e. The van der Waals surface area contributed by atoms with Gasteiger partial charge in [-0.2, -0.15) is 10.1 Å². The Kier molecular flexibility index (Phi) is 4.05. The van der Waals surface area contributed by atoms with Crippen LogP contribution >= 0.6 is 0 Å². The van der Waals surface area contributed by atoms with Gasteiger partial charge in [-0.15, -0.1) is 5.10 Å². The molecule has 2 aromatic heterocycles. The van der Waals surface area contributed by atoms with Gasteiger partial charge in [0.05, 0.1) is 11.7 Å². The molecule has 0 aliphatic heterocycles. The van der Waals surface area contributed by atoms with Crippen LogP contribution in [0.4, 0.5) is 11.6 Å². The fourth-order valence-corrected chi connectivity index (χ4v) is 3.96. The minimum Gasteiger partial charge on any atom is -0.349 e. The number of H-pyrrole nitrogens is 1. The Morgan fingerprint density at radius 2 is 1.90 bits per heavy atom. The van der Waals surface area contributed by atoms with E-state index in [1.165, 1.54) is 18.4 Å². The highest BCUT2D eigenvalue weighted by Gasteiger charge is 2.29. The molecular formula is C23H23N7O. The fourth-order valence-electron chi connectivity index (χ4n) is 3.96. The number of hydrogen-bond donors (Lipinski definition) is 3. The Hall–Kier alpha value is -3.68. The van der Waals surface area contributed by atoms with Gasteiger partial charge in [0, 0.05) is 35.3 Å². The van der Waals surface area contributed by atoms with Gasteiger partial charge in [0.1, 0.15) is 0 Å². The van der Waals surface area contributed by atoms with Crippen LogP contribution in [0.3, 0.4) is 0 Å². The van der Waals surface area contributed by atoms with Gasteiger partial charge in [-0.25, -0.2) is 4.68 Å². The molecule has 0 bridgehead atoms. The Balaban J connectivity index is 1.27. The maximum atomic E-state index is 12.2. The van der Waals surface area contributed by atoms with E-state index in [1.54, 1.807) is 4.68 Å². The molecule has 2 aliphatic rings. The van der Waals surface area contributed by atoms with Gasteiger partial charge in [0.25, 0.3) is 5.91 Å². The molecule has 0 spiro atoms. The van der Waals surface area contributed by atoms with Crippen molar-refractivity contribution < 1.29 is 4.79 Å². The van der Waals surface area contributed by atoms with Gasteiger partial charge < -0.3 is 10.6 Å². The Bertz CT molecular complexity index is 1280. The summed E-state index contributed by atoms with van der Waals surface area (Å²) < 4.78 is 1.75. The summed E-state index contributed by atoms with van der Waals surface area (Å²) in [6, 6.07) is 11.9. The van der Waals surface area contributed by atoms with Gasteiger partial charge in [-0.1, -0.05) is 12.1 Å².